The lowest BCUT2D eigenvalue weighted by atomic mass is 9.83. The molecule has 0 aromatic heterocycles. The van der Waals surface area contributed by atoms with E-state index in [9.17, 15) is 13.2 Å². The number of carbonyl (C=O) groups is 1. The van der Waals surface area contributed by atoms with E-state index < -0.39 is 22.0 Å². The van der Waals surface area contributed by atoms with Crippen LogP contribution in [0.1, 0.15) is 33.1 Å². The predicted octanol–water partition coefficient (Wildman–Crippen LogP) is 1.77. The van der Waals surface area contributed by atoms with Gasteiger partial charge in [0.25, 0.3) is 5.91 Å². The van der Waals surface area contributed by atoms with Crippen LogP contribution >= 0.6 is 0 Å². The van der Waals surface area contributed by atoms with Crippen molar-refractivity contribution in [1.82, 2.24) is 9.79 Å². The zero-order chi connectivity index (χ0) is 18.0. The number of benzene rings is 1. The third kappa shape index (κ3) is 3.88. The zero-order valence-corrected chi connectivity index (χ0v) is 15.0. The average molecular weight is 356 g/mol. The van der Waals surface area contributed by atoms with E-state index in [1.54, 1.807) is 17.6 Å². The molecule has 0 radical (unpaired) electrons. The van der Waals surface area contributed by atoms with Gasteiger partial charge in [-0.3, -0.25) is 10.0 Å². The highest BCUT2D eigenvalue weighted by molar-refractivity contribution is 7.89. The number of hydrogen-bond acceptors (Lipinski definition) is 5. The molecule has 7 nitrogen and oxygen atoms in total. The smallest absolute Gasteiger partial charge is 0.261 e. The van der Waals surface area contributed by atoms with Crippen molar-refractivity contribution in [2.45, 2.75) is 44.0 Å². The van der Waals surface area contributed by atoms with Gasteiger partial charge in [0, 0.05) is 6.54 Å². The molecule has 1 saturated heterocycles. The maximum atomic E-state index is 13.0. The summed E-state index contributed by atoms with van der Waals surface area (Å²) in [7, 11) is -2.36. The van der Waals surface area contributed by atoms with E-state index in [0.29, 0.717) is 18.6 Å². The highest BCUT2D eigenvalue weighted by Gasteiger charge is 2.41. The van der Waals surface area contributed by atoms with E-state index in [2.05, 4.69) is 0 Å². The van der Waals surface area contributed by atoms with Crippen LogP contribution in [-0.4, -0.2) is 43.5 Å². The second-order valence-corrected chi connectivity index (χ2v) is 8.65. The largest absolute Gasteiger partial charge is 0.497 e. The lowest BCUT2D eigenvalue weighted by Crippen LogP contribution is -2.49. The second kappa shape index (κ2) is 7.08. The summed E-state index contributed by atoms with van der Waals surface area (Å²) >= 11 is 0. The van der Waals surface area contributed by atoms with Crippen molar-refractivity contribution >= 4 is 15.9 Å². The molecule has 1 atom stereocenters. The van der Waals surface area contributed by atoms with Gasteiger partial charge in [0.2, 0.25) is 10.0 Å². The molecule has 2 rings (SSSR count). The number of sulfonamides is 1. The number of nitrogens with one attached hydrogen (secondary N) is 1. The van der Waals surface area contributed by atoms with E-state index in [1.165, 1.54) is 23.5 Å². The van der Waals surface area contributed by atoms with Gasteiger partial charge < -0.3 is 4.74 Å². The van der Waals surface area contributed by atoms with Gasteiger partial charge in [-0.15, -0.1) is 0 Å². The van der Waals surface area contributed by atoms with Crippen molar-refractivity contribution < 1.29 is 23.2 Å². The number of hydrogen-bond donors (Lipinski definition) is 2. The standard InChI is InChI=1S/C16H24N2O5S/c1-16(2)9-4-10-18(14(11-16)15(19)17-20)24(21,22)13-7-5-12(23-3)6-8-13/h5-8,14,20H,4,9-11H2,1-3H3,(H,17,19). The summed E-state index contributed by atoms with van der Waals surface area (Å²) in [6.45, 7) is 4.22. The van der Waals surface area contributed by atoms with Crippen LogP contribution in [0.25, 0.3) is 0 Å². The van der Waals surface area contributed by atoms with E-state index in [0.717, 1.165) is 6.42 Å². The average Bonchev–Trinajstić information content (AvgIpc) is 2.72. The summed E-state index contributed by atoms with van der Waals surface area (Å²) < 4.78 is 32.2. The molecule has 1 unspecified atom stereocenters. The number of amides is 1. The lowest BCUT2D eigenvalue weighted by Gasteiger charge is -2.30. The maximum Gasteiger partial charge on any atom is 0.261 e. The minimum Gasteiger partial charge on any atom is -0.497 e. The number of methoxy groups -OCH3 is 1. The molecule has 1 aromatic rings. The molecule has 1 fully saturated rings. The monoisotopic (exact) mass is 356 g/mol. The van der Waals surface area contributed by atoms with E-state index in [-0.39, 0.29) is 16.9 Å². The van der Waals surface area contributed by atoms with Crippen molar-refractivity contribution in [3.63, 3.8) is 0 Å². The fourth-order valence-corrected chi connectivity index (χ4v) is 4.69. The topological polar surface area (TPSA) is 95.9 Å². The van der Waals surface area contributed by atoms with Gasteiger partial charge >= 0.3 is 0 Å². The van der Waals surface area contributed by atoms with Crippen LogP contribution in [0.3, 0.4) is 0 Å². The minimum atomic E-state index is -3.86. The van der Waals surface area contributed by atoms with Gasteiger partial charge in [0.1, 0.15) is 11.8 Å². The molecule has 8 heteroatoms. The first-order valence-electron chi connectivity index (χ1n) is 7.81. The Balaban J connectivity index is 2.41. The van der Waals surface area contributed by atoms with Crippen molar-refractivity contribution in [2.24, 2.45) is 5.41 Å². The van der Waals surface area contributed by atoms with Crippen molar-refractivity contribution in [3.05, 3.63) is 24.3 Å². The first kappa shape index (κ1) is 18.7. The fourth-order valence-electron chi connectivity index (χ4n) is 3.07. The van der Waals surface area contributed by atoms with Crippen LogP contribution < -0.4 is 10.2 Å². The van der Waals surface area contributed by atoms with Crippen LogP contribution in [-0.2, 0) is 14.8 Å². The van der Waals surface area contributed by atoms with E-state index in [1.807, 2.05) is 13.8 Å². The summed E-state index contributed by atoms with van der Waals surface area (Å²) in [6, 6.07) is 5.10. The number of carbonyl (C=O) groups excluding carboxylic acids is 1. The molecule has 0 bridgehead atoms. The Morgan fingerprint density at radius 2 is 1.96 bits per heavy atom. The van der Waals surface area contributed by atoms with Gasteiger partial charge in [-0.25, -0.2) is 13.9 Å². The Morgan fingerprint density at radius 3 is 2.50 bits per heavy atom. The van der Waals surface area contributed by atoms with Crippen molar-refractivity contribution in [2.75, 3.05) is 13.7 Å². The quantitative estimate of drug-likeness (QED) is 0.633. The third-order valence-corrected chi connectivity index (χ3v) is 6.33. The van der Waals surface area contributed by atoms with Gasteiger partial charge in [0.05, 0.1) is 12.0 Å². The summed E-state index contributed by atoms with van der Waals surface area (Å²) in [5.41, 5.74) is 1.41. The zero-order valence-electron chi connectivity index (χ0n) is 14.2. The molecule has 1 heterocycles. The molecule has 2 N–H and O–H groups in total. The van der Waals surface area contributed by atoms with Crippen LogP contribution in [0, 0.1) is 5.41 Å². The Labute approximate surface area is 142 Å². The Morgan fingerprint density at radius 1 is 1.33 bits per heavy atom. The van der Waals surface area contributed by atoms with Gasteiger partial charge in [-0.1, -0.05) is 13.8 Å². The van der Waals surface area contributed by atoms with Crippen LogP contribution in [0.2, 0.25) is 0 Å². The van der Waals surface area contributed by atoms with Crippen molar-refractivity contribution in [1.29, 1.82) is 0 Å². The Bertz CT molecular complexity index is 685. The lowest BCUT2D eigenvalue weighted by molar-refractivity contribution is -0.133. The molecule has 0 spiro atoms. The van der Waals surface area contributed by atoms with Gasteiger partial charge in [-0.05, 0) is 48.9 Å². The molecule has 134 valence electrons. The maximum absolute atomic E-state index is 13.0. The van der Waals surface area contributed by atoms with Crippen LogP contribution in [0.5, 0.6) is 5.75 Å². The van der Waals surface area contributed by atoms with Crippen molar-refractivity contribution in [3.8, 4) is 5.75 Å². The number of hydroxylamine groups is 1. The molecular formula is C16H24N2O5S. The summed E-state index contributed by atoms with van der Waals surface area (Å²) in [5.74, 6) is -0.155. The first-order chi connectivity index (χ1) is 11.2. The molecule has 0 saturated carbocycles. The summed E-state index contributed by atoms with van der Waals surface area (Å²) in [5, 5.41) is 9.03. The summed E-state index contributed by atoms with van der Waals surface area (Å²) in [6.07, 6.45) is 1.79. The predicted molar refractivity (Wildman–Crippen MR) is 88.2 cm³/mol. The highest BCUT2D eigenvalue weighted by Crippen LogP contribution is 2.35. The SMILES string of the molecule is COc1ccc(S(=O)(=O)N2CCCC(C)(C)CC2C(=O)NO)cc1. The second-order valence-electron chi connectivity index (χ2n) is 6.76. The number of nitrogens with zero attached hydrogens (tertiary/aromatic N) is 1. The summed E-state index contributed by atoms with van der Waals surface area (Å²) in [4.78, 5) is 12.2. The molecule has 1 aromatic carbocycles. The van der Waals surface area contributed by atoms with E-state index in [4.69, 9.17) is 9.94 Å². The van der Waals surface area contributed by atoms with E-state index >= 15 is 0 Å². The number of ether oxygens (including phenoxy) is 1. The third-order valence-electron chi connectivity index (χ3n) is 4.40. The van der Waals surface area contributed by atoms with Gasteiger partial charge in [-0.2, -0.15) is 4.31 Å². The molecule has 24 heavy (non-hydrogen) atoms. The molecule has 1 aliphatic heterocycles. The molecule has 1 aliphatic rings. The minimum absolute atomic E-state index is 0.0961. The highest BCUT2D eigenvalue weighted by atomic mass is 32.2. The Hall–Kier alpha value is -1.64. The van der Waals surface area contributed by atoms with Crippen LogP contribution in [0.4, 0.5) is 0 Å². The molecule has 1 amide bonds. The fraction of sp³-hybridized carbons (Fsp3) is 0.562. The normalized spacial score (nSPS) is 21.8. The molecular weight excluding hydrogens is 332 g/mol. The number of rotatable bonds is 4. The molecule has 0 aliphatic carbocycles. The van der Waals surface area contributed by atoms with Crippen LogP contribution in [0.15, 0.2) is 29.2 Å². The Kier molecular flexibility index (Phi) is 5.52. The first-order valence-corrected chi connectivity index (χ1v) is 9.25. The van der Waals surface area contributed by atoms with Gasteiger partial charge in [0.15, 0.2) is 0 Å².